The highest BCUT2D eigenvalue weighted by atomic mass is 16.7. The van der Waals surface area contributed by atoms with E-state index in [1.54, 1.807) is 20.8 Å². The molecule has 0 heterocycles. The molecule has 0 aliphatic heterocycles. The molecule has 0 aromatic heterocycles. The molecule has 1 unspecified atom stereocenters. The lowest BCUT2D eigenvalue weighted by Crippen LogP contribution is -2.46. The number of fused-ring (bicyclic) bond motifs is 1. The minimum absolute atomic E-state index is 0.0735. The van der Waals surface area contributed by atoms with Crippen LogP contribution in [0.15, 0.2) is 11.1 Å². The Bertz CT molecular complexity index is 888. The van der Waals surface area contributed by atoms with E-state index in [9.17, 15) is 14.4 Å². The van der Waals surface area contributed by atoms with Gasteiger partial charge in [-0.15, -0.1) is 5.48 Å². The number of ketones is 1. The highest BCUT2D eigenvalue weighted by Gasteiger charge is 2.44. The molecule has 1 saturated carbocycles. The van der Waals surface area contributed by atoms with Gasteiger partial charge in [0.25, 0.3) is 0 Å². The Morgan fingerprint density at radius 3 is 1.88 bits per heavy atom. The van der Waals surface area contributed by atoms with Gasteiger partial charge in [-0.25, -0.2) is 4.79 Å². The fourth-order valence-corrected chi connectivity index (χ4v) is 6.74. The van der Waals surface area contributed by atoms with Crippen molar-refractivity contribution in [2.45, 2.75) is 195 Å². The molecule has 1 fully saturated rings. The van der Waals surface area contributed by atoms with Gasteiger partial charge >= 0.3 is 11.9 Å². The SMILES string of the molecule is CCCCCCCCCCCCCCCCCCC(NOC(=O)C(C)(C)C)C(=O)O[C@@H]1C[C@]2(C)CCCCC2=C(C)C1=O. The number of carbonyl (C=O) groups is 3. The van der Waals surface area contributed by atoms with Gasteiger partial charge in [0.2, 0.25) is 0 Å². The molecule has 3 atom stereocenters. The molecular formula is C37H65NO5. The Kier molecular flexibility index (Phi) is 17.1. The largest absolute Gasteiger partial charge is 0.453 e. The van der Waals surface area contributed by atoms with E-state index >= 15 is 0 Å². The van der Waals surface area contributed by atoms with Gasteiger partial charge in [-0.3, -0.25) is 9.59 Å². The number of unbranched alkanes of at least 4 members (excludes halogenated alkanes) is 15. The maximum Gasteiger partial charge on any atom is 0.330 e. The van der Waals surface area contributed by atoms with Crippen LogP contribution in [0.25, 0.3) is 0 Å². The third kappa shape index (κ3) is 13.5. The quantitative estimate of drug-likeness (QED) is 0.0799. The van der Waals surface area contributed by atoms with E-state index < -0.39 is 29.5 Å². The highest BCUT2D eigenvalue weighted by molar-refractivity contribution is 6.01. The van der Waals surface area contributed by atoms with Crippen molar-refractivity contribution < 1.29 is 24.0 Å². The zero-order valence-corrected chi connectivity index (χ0v) is 28.8. The highest BCUT2D eigenvalue weighted by Crippen LogP contribution is 2.49. The van der Waals surface area contributed by atoms with E-state index in [1.807, 2.05) is 6.92 Å². The topological polar surface area (TPSA) is 81.7 Å². The predicted molar refractivity (Wildman–Crippen MR) is 175 cm³/mol. The Morgan fingerprint density at radius 1 is 0.860 bits per heavy atom. The second-order valence-electron chi connectivity index (χ2n) is 14.8. The number of Topliss-reactive ketones (excluding diaryl/α,β-unsaturated/α-hetero) is 1. The van der Waals surface area contributed by atoms with Crippen LogP contribution < -0.4 is 5.48 Å². The van der Waals surface area contributed by atoms with Crippen molar-refractivity contribution in [3.05, 3.63) is 11.1 Å². The normalized spacial score (nSPS) is 21.4. The molecule has 2 aliphatic rings. The summed E-state index contributed by atoms with van der Waals surface area (Å²) in [6, 6.07) is -0.782. The molecule has 43 heavy (non-hydrogen) atoms. The van der Waals surface area contributed by atoms with Crippen LogP contribution in [0.5, 0.6) is 0 Å². The van der Waals surface area contributed by atoms with E-state index in [0.717, 1.165) is 50.5 Å². The molecule has 6 heteroatoms. The van der Waals surface area contributed by atoms with E-state index in [2.05, 4.69) is 19.3 Å². The van der Waals surface area contributed by atoms with Gasteiger partial charge in [-0.1, -0.05) is 129 Å². The molecule has 6 nitrogen and oxygen atoms in total. The molecular weight excluding hydrogens is 538 g/mol. The fourth-order valence-electron chi connectivity index (χ4n) is 6.74. The zero-order chi connectivity index (χ0) is 31.7. The summed E-state index contributed by atoms with van der Waals surface area (Å²) < 4.78 is 5.87. The Hall–Kier alpha value is -1.69. The van der Waals surface area contributed by atoms with Crippen LogP contribution in [-0.2, 0) is 24.0 Å². The third-order valence-corrected chi connectivity index (χ3v) is 9.68. The Balaban J connectivity index is 1.72. The lowest BCUT2D eigenvalue weighted by atomic mass is 9.63. The van der Waals surface area contributed by atoms with Crippen LogP contribution in [0.2, 0.25) is 0 Å². The summed E-state index contributed by atoms with van der Waals surface area (Å²) in [6.07, 6.45) is 25.0. The van der Waals surface area contributed by atoms with Gasteiger partial charge in [-0.05, 0) is 64.4 Å². The van der Waals surface area contributed by atoms with Crippen molar-refractivity contribution in [1.82, 2.24) is 5.48 Å². The van der Waals surface area contributed by atoms with E-state index in [0.29, 0.717) is 12.8 Å². The van der Waals surface area contributed by atoms with Crippen LogP contribution in [0, 0.1) is 10.8 Å². The number of carbonyl (C=O) groups excluding carboxylic acids is 3. The third-order valence-electron chi connectivity index (χ3n) is 9.68. The first-order valence-electron chi connectivity index (χ1n) is 17.9. The predicted octanol–water partition coefficient (Wildman–Crippen LogP) is 9.88. The van der Waals surface area contributed by atoms with Gasteiger partial charge in [-0.2, -0.15) is 0 Å². The van der Waals surface area contributed by atoms with Crippen molar-refractivity contribution in [2.75, 3.05) is 0 Å². The van der Waals surface area contributed by atoms with Gasteiger partial charge in [0, 0.05) is 6.42 Å². The number of esters is 1. The summed E-state index contributed by atoms with van der Waals surface area (Å²) in [7, 11) is 0. The number of hydrogen-bond donors (Lipinski definition) is 1. The van der Waals surface area contributed by atoms with Crippen LogP contribution >= 0.6 is 0 Å². The Morgan fingerprint density at radius 2 is 1.37 bits per heavy atom. The minimum Gasteiger partial charge on any atom is -0.453 e. The van der Waals surface area contributed by atoms with Crippen LogP contribution in [0.3, 0.4) is 0 Å². The molecule has 248 valence electrons. The standard InChI is InChI=1S/C37H65NO5/c1-7-8-9-10-11-12-13-14-15-16-17-18-19-20-21-22-26-31(38-43-35(41)36(3,4)5)34(40)42-32-28-37(6)27-24-23-25-30(37)29(2)33(32)39/h31-32,38H,7-28H2,1-6H3/t31?,32-,37+/m1/s1. The average Bonchev–Trinajstić information content (AvgIpc) is 2.96. The molecule has 0 radical (unpaired) electrons. The number of hydrogen-bond acceptors (Lipinski definition) is 6. The van der Waals surface area contributed by atoms with Crippen LogP contribution in [-0.4, -0.2) is 29.9 Å². The molecule has 0 bridgehead atoms. The number of ether oxygens (including phenoxy) is 1. The van der Waals surface area contributed by atoms with Crippen molar-refractivity contribution in [2.24, 2.45) is 10.8 Å². The van der Waals surface area contributed by atoms with Crippen molar-refractivity contribution >= 4 is 17.7 Å². The molecule has 0 aromatic carbocycles. The van der Waals surface area contributed by atoms with Crippen LogP contribution in [0.1, 0.15) is 183 Å². The molecule has 0 amide bonds. The van der Waals surface area contributed by atoms with E-state index in [-0.39, 0.29) is 11.2 Å². The number of allylic oxidation sites excluding steroid dienone is 1. The fraction of sp³-hybridized carbons (Fsp3) is 0.865. The summed E-state index contributed by atoms with van der Waals surface area (Å²) in [4.78, 5) is 44.2. The van der Waals surface area contributed by atoms with Gasteiger partial charge in [0.05, 0.1) is 5.41 Å². The second kappa shape index (κ2) is 19.6. The summed E-state index contributed by atoms with van der Waals surface area (Å²) in [5.41, 5.74) is 3.95. The van der Waals surface area contributed by atoms with E-state index in [4.69, 9.17) is 9.57 Å². The Labute approximate surface area is 263 Å². The minimum atomic E-state index is -0.782. The first kappa shape index (κ1) is 37.5. The maximum atomic E-state index is 13.3. The van der Waals surface area contributed by atoms with Crippen molar-refractivity contribution in [1.29, 1.82) is 0 Å². The summed E-state index contributed by atoms with van der Waals surface area (Å²) >= 11 is 0. The average molecular weight is 604 g/mol. The van der Waals surface area contributed by atoms with Gasteiger partial charge in [0.15, 0.2) is 11.9 Å². The molecule has 0 spiro atoms. The van der Waals surface area contributed by atoms with Gasteiger partial charge < -0.3 is 9.57 Å². The summed E-state index contributed by atoms with van der Waals surface area (Å²) in [6.45, 7) is 11.7. The molecule has 1 N–H and O–H groups in total. The molecule has 0 saturated heterocycles. The number of nitrogens with one attached hydrogen (secondary N) is 1. The monoisotopic (exact) mass is 603 g/mol. The first-order chi connectivity index (χ1) is 20.5. The lowest BCUT2D eigenvalue weighted by Gasteiger charge is -2.43. The van der Waals surface area contributed by atoms with Crippen molar-refractivity contribution in [3.8, 4) is 0 Å². The number of rotatable bonds is 21. The summed E-state index contributed by atoms with van der Waals surface area (Å²) in [5, 5.41) is 0. The summed E-state index contributed by atoms with van der Waals surface area (Å²) in [5.74, 6) is -1.00. The van der Waals surface area contributed by atoms with Gasteiger partial charge in [0.1, 0.15) is 6.04 Å². The lowest BCUT2D eigenvalue weighted by molar-refractivity contribution is -0.171. The van der Waals surface area contributed by atoms with Crippen LogP contribution in [0.4, 0.5) is 0 Å². The molecule has 2 rings (SSSR count). The number of hydroxylamine groups is 1. The molecule has 2 aliphatic carbocycles. The second-order valence-corrected chi connectivity index (χ2v) is 14.8. The van der Waals surface area contributed by atoms with E-state index in [1.165, 1.54) is 89.0 Å². The molecule has 0 aromatic rings. The van der Waals surface area contributed by atoms with Crippen molar-refractivity contribution in [3.63, 3.8) is 0 Å². The smallest absolute Gasteiger partial charge is 0.330 e. The zero-order valence-electron chi connectivity index (χ0n) is 28.8. The first-order valence-corrected chi connectivity index (χ1v) is 17.9. The maximum absolute atomic E-state index is 13.3.